The lowest BCUT2D eigenvalue weighted by Crippen LogP contribution is -2.45. The largest absolute Gasteiger partial charge is 0.337 e. The van der Waals surface area contributed by atoms with Crippen LogP contribution in [-0.2, 0) is 4.79 Å². The number of carbonyl (C=O) groups excluding carboxylic acids is 1. The van der Waals surface area contributed by atoms with E-state index in [0.29, 0.717) is 10.8 Å². The van der Waals surface area contributed by atoms with Crippen LogP contribution in [0.3, 0.4) is 0 Å². The van der Waals surface area contributed by atoms with Crippen LogP contribution in [0, 0.1) is 11.3 Å². The lowest BCUT2D eigenvalue weighted by molar-refractivity contribution is -0.119. The molecule has 1 atom stereocenters. The fourth-order valence-corrected chi connectivity index (χ4v) is 4.57. The predicted octanol–water partition coefficient (Wildman–Crippen LogP) is 5.12. The summed E-state index contributed by atoms with van der Waals surface area (Å²) in [6, 6.07) is 20.2. The van der Waals surface area contributed by atoms with Crippen LogP contribution in [0.5, 0.6) is 0 Å². The monoisotopic (exact) mass is 384 g/mol. The van der Waals surface area contributed by atoms with E-state index in [1.807, 2.05) is 42.5 Å². The third-order valence-corrected chi connectivity index (χ3v) is 6.26. The van der Waals surface area contributed by atoms with Crippen molar-refractivity contribution < 1.29 is 4.79 Å². The normalized spacial score (nSPS) is 16.6. The van der Waals surface area contributed by atoms with E-state index in [2.05, 4.69) is 23.5 Å². The minimum Gasteiger partial charge on any atom is -0.337 e. The molecule has 134 valence electrons. The van der Waals surface area contributed by atoms with Crippen molar-refractivity contribution >= 4 is 29.3 Å². The van der Waals surface area contributed by atoms with Gasteiger partial charge in [-0.25, -0.2) is 0 Å². The van der Waals surface area contributed by atoms with Gasteiger partial charge in [0.25, 0.3) is 0 Å². The Bertz CT molecular complexity index is 780. The molecule has 1 aliphatic carbocycles. The van der Waals surface area contributed by atoms with Crippen molar-refractivity contribution in [3.63, 3.8) is 0 Å². The van der Waals surface area contributed by atoms with Gasteiger partial charge >= 0.3 is 0 Å². The molecule has 5 heteroatoms. The number of hydrogen-bond donors (Lipinski definition) is 1. The second-order valence-corrected chi connectivity index (χ2v) is 8.13. The Labute approximate surface area is 163 Å². The molecular formula is C21H21ClN2OS. The number of thioether (sulfide) groups is 1. The Morgan fingerprint density at radius 3 is 2.35 bits per heavy atom. The summed E-state index contributed by atoms with van der Waals surface area (Å²) < 4.78 is 0. The van der Waals surface area contributed by atoms with Gasteiger partial charge in [-0.2, -0.15) is 5.26 Å². The van der Waals surface area contributed by atoms with Crippen molar-refractivity contribution in [2.45, 2.75) is 36.5 Å². The molecule has 1 amide bonds. The summed E-state index contributed by atoms with van der Waals surface area (Å²) >= 11 is 7.58. The van der Waals surface area contributed by atoms with E-state index in [-0.39, 0.29) is 11.2 Å². The van der Waals surface area contributed by atoms with Crippen LogP contribution < -0.4 is 5.32 Å². The highest BCUT2D eigenvalue weighted by atomic mass is 35.5. The van der Waals surface area contributed by atoms with Crippen molar-refractivity contribution in [3.8, 4) is 6.07 Å². The molecule has 2 aromatic carbocycles. The second-order valence-electron chi connectivity index (χ2n) is 6.60. The predicted molar refractivity (Wildman–Crippen MR) is 107 cm³/mol. The number of amides is 1. The molecule has 3 nitrogen and oxygen atoms in total. The average Bonchev–Trinajstić information content (AvgIpc) is 3.13. The smallest absolute Gasteiger partial charge is 0.231 e. The van der Waals surface area contributed by atoms with Crippen LogP contribution in [0.15, 0.2) is 54.6 Å². The molecule has 1 saturated carbocycles. The summed E-state index contributed by atoms with van der Waals surface area (Å²) in [6.07, 6.45) is 3.50. The van der Waals surface area contributed by atoms with E-state index in [1.54, 1.807) is 11.8 Å². The standard InChI is InChI=1S/C21H21ClN2OS/c22-18-10-8-17(9-11-18)20(16-6-2-1-3-7-16)26-14-19(25)24-21(15-23)12-4-5-13-21/h1-3,6-11,20H,4-5,12-14H2,(H,24,25). The van der Waals surface area contributed by atoms with Gasteiger partial charge in [0.2, 0.25) is 5.91 Å². The van der Waals surface area contributed by atoms with Crippen molar-refractivity contribution in [1.29, 1.82) is 5.26 Å². The van der Waals surface area contributed by atoms with Crippen LogP contribution in [0.4, 0.5) is 0 Å². The van der Waals surface area contributed by atoms with Gasteiger partial charge in [-0.1, -0.05) is 54.1 Å². The minimum atomic E-state index is -0.667. The number of nitrogens with one attached hydrogen (secondary N) is 1. The van der Waals surface area contributed by atoms with Crippen LogP contribution in [0.25, 0.3) is 0 Å². The zero-order chi connectivity index (χ0) is 18.4. The van der Waals surface area contributed by atoms with Gasteiger partial charge in [-0.05, 0) is 48.9 Å². The Hall–Kier alpha value is -1.96. The van der Waals surface area contributed by atoms with Crippen molar-refractivity contribution in [2.75, 3.05) is 5.75 Å². The first kappa shape index (κ1) is 18.8. The molecule has 1 unspecified atom stereocenters. The summed E-state index contributed by atoms with van der Waals surface area (Å²) in [5.41, 5.74) is 1.58. The lowest BCUT2D eigenvalue weighted by Gasteiger charge is -2.23. The fourth-order valence-electron chi connectivity index (χ4n) is 3.36. The zero-order valence-corrected chi connectivity index (χ0v) is 16.0. The molecule has 0 aromatic heterocycles. The number of benzene rings is 2. The number of hydrogen-bond acceptors (Lipinski definition) is 3. The SMILES string of the molecule is N#CC1(NC(=O)CSC(c2ccccc2)c2ccc(Cl)cc2)CCCC1. The van der Waals surface area contributed by atoms with Crippen molar-refractivity contribution in [2.24, 2.45) is 0 Å². The maximum atomic E-state index is 12.5. The first-order chi connectivity index (χ1) is 12.6. The van der Waals surface area contributed by atoms with Crippen LogP contribution in [0.2, 0.25) is 5.02 Å². The van der Waals surface area contributed by atoms with Gasteiger partial charge in [0.15, 0.2) is 0 Å². The van der Waals surface area contributed by atoms with Gasteiger partial charge in [0.1, 0.15) is 5.54 Å². The molecule has 0 aliphatic heterocycles. The minimum absolute atomic E-state index is 0.0424. The molecule has 0 saturated heterocycles. The molecular weight excluding hydrogens is 364 g/mol. The Morgan fingerprint density at radius 2 is 1.73 bits per heavy atom. The van der Waals surface area contributed by atoms with Crippen LogP contribution in [0.1, 0.15) is 42.1 Å². The first-order valence-electron chi connectivity index (χ1n) is 8.76. The molecule has 0 bridgehead atoms. The maximum absolute atomic E-state index is 12.5. The molecule has 0 radical (unpaired) electrons. The summed E-state index contributed by atoms with van der Waals surface area (Å²) in [5.74, 6) is 0.236. The highest BCUT2D eigenvalue weighted by Gasteiger charge is 2.35. The summed E-state index contributed by atoms with van der Waals surface area (Å²) in [4.78, 5) is 12.5. The molecule has 3 rings (SSSR count). The number of nitrogens with zero attached hydrogens (tertiary/aromatic N) is 1. The Balaban J connectivity index is 1.71. The quantitative estimate of drug-likeness (QED) is 0.752. The molecule has 2 aromatic rings. The third kappa shape index (κ3) is 4.60. The first-order valence-corrected chi connectivity index (χ1v) is 10.2. The Kier molecular flexibility index (Phi) is 6.24. The summed E-state index contributed by atoms with van der Waals surface area (Å²) in [6.45, 7) is 0. The number of carbonyl (C=O) groups is 1. The molecule has 0 heterocycles. The zero-order valence-electron chi connectivity index (χ0n) is 14.5. The highest BCUT2D eigenvalue weighted by molar-refractivity contribution is 8.00. The molecule has 0 spiro atoms. The van der Waals surface area contributed by atoms with Gasteiger partial charge in [0, 0.05) is 5.02 Å². The number of rotatable bonds is 6. The van der Waals surface area contributed by atoms with E-state index >= 15 is 0 Å². The van der Waals surface area contributed by atoms with E-state index in [9.17, 15) is 10.1 Å². The molecule has 1 aliphatic rings. The van der Waals surface area contributed by atoms with Crippen molar-refractivity contribution in [1.82, 2.24) is 5.32 Å². The number of halogens is 1. The number of nitriles is 1. The molecule has 1 N–H and O–H groups in total. The fraction of sp³-hybridized carbons (Fsp3) is 0.333. The maximum Gasteiger partial charge on any atom is 0.231 e. The topological polar surface area (TPSA) is 52.9 Å². The van der Waals surface area contributed by atoms with Gasteiger partial charge in [0.05, 0.1) is 17.1 Å². The molecule has 26 heavy (non-hydrogen) atoms. The lowest BCUT2D eigenvalue weighted by atomic mass is 10.0. The average molecular weight is 385 g/mol. The van der Waals surface area contributed by atoms with E-state index < -0.39 is 5.54 Å². The molecule has 1 fully saturated rings. The van der Waals surface area contributed by atoms with E-state index in [0.717, 1.165) is 36.8 Å². The van der Waals surface area contributed by atoms with Crippen molar-refractivity contribution in [3.05, 3.63) is 70.7 Å². The van der Waals surface area contributed by atoms with Crippen LogP contribution in [-0.4, -0.2) is 17.2 Å². The van der Waals surface area contributed by atoms with E-state index in [1.165, 1.54) is 0 Å². The van der Waals surface area contributed by atoms with Gasteiger partial charge in [-0.3, -0.25) is 4.79 Å². The van der Waals surface area contributed by atoms with E-state index in [4.69, 9.17) is 11.6 Å². The Morgan fingerprint density at radius 1 is 1.12 bits per heavy atom. The summed E-state index contributed by atoms with van der Waals surface area (Å²) in [7, 11) is 0. The highest BCUT2D eigenvalue weighted by Crippen LogP contribution is 2.36. The van der Waals surface area contributed by atoms with Crippen LogP contribution >= 0.6 is 23.4 Å². The van der Waals surface area contributed by atoms with Gasteiger partial charge < -0.3 is 5.32 Å². The third-order valence-electron chi connectivity index (χ3n) is 4.71. The second kappa shape index (κ2) is 8.62. The van der Waals surface area contributed by atoms with Gasteiger partial charge in [-0.15, -0.1) is 11.8 Å². The summed E-state index contributed by atoms with van der Waals surface area (Å²) in [5, 5.41) is 13.1.